The van der Waals surface area contributed by atoms with Gasteiger partial charge < -0.3 is 15.1 Å². The number of hydrogen-bond acceptors (Lipinski definition) is 8. The van der Waals surface area contributed by atoms with E-state index >= 15 is 0 Å². The van der Waals surface area contributed by atoms with E-state index in [0.717, 1.165) is 17.4 Å². The Hall–Kier alpha value is -4.55. The van der Waals surface area contributed by atoms with Gasteiger partial charge in [0.05, 0.1) is 21.8 Å². The van der Waals surface area contributed by atoms with Gasteiger partial charge in [-0.05, 0) is 59.7 Å². The lowest BCUT2D eigenvalue weighted by Gasteiger charge is -2.37. The minimum atomic E-state index is -4.31. The van der Waals surface area contributed by atoms with Gasteiger partial charge in [0.15, 0.2) is 0 Å². The van der Waals surface area contributed by atoms with E-state index in [1.165, 1.54) is 36.0 Å². The number of hydrogen-bond donors (Lipinski definition) is 2. The van der Waals surface area contributed by atoms with Crippen molar-refractivity contribution in [2.45, 2.75) is 37.2 Å². The predicted octanol–water partition coefficient (Wildman–Crippen LogP) is 6.11. The van der Waals surface area contributed by atoms with Crippen molar-refractivity contribution in [1.29, 1.82) is 0 Å². The fourth-order valence-corrected chi connectivity index (χ4v) is 8.04. The summed E-state index contributed by atoms with van der Waals surface area (Å²) < 4.78 is 29.1. The van der Waals surface area contributed by atoms with Crippen LogP contribution in [0.1, 0.15) is 45.2 Å². The molecule has 1 aromatic heterocycles. The highest BCUT2D eigenvalue weighted by Gasteiger charge is 2.33. The van der Waals surface area contributed by atoms with Gasteiger partial charge in [-0.25, -0.2) is 23.1 Å². The van der Waals surface area contributed by atoms with Crippen LogP contribution in [-0.2, 0) is 23.0 Å². The Balaban J connectivity index is 1.31. The van der Waals surface area contributed by atoms with Crippen molar-refractivity contribution in [2.75, 3.05) is 31.1 Å². The lowest BCUT2D eigenvalue weighted by Crippen LogP contribution is -2.50. The second kappa shape index (κ2) is 14.0. The molecule has 0 aliphatic carbocycles. The maximum absolute atomic E-state index is 14.7. The molecule has 7 rings (SSSR count). The van der Waals surface area contributed by atoms with Crippen LogP contribution in [0, 0.1) is 0 Å². The fourth-order valence-electron chi connectivity index (χ4n) is 6.62. The van der Waals surface area contributed by atoms with Crippen LogP contribution in [0.5, 0.6) is 0 Å². The largest absolute Gasteiger partial charge is 0.340 e. The molecule has 2 amide bonds. The molecular formula is C37H34Cl2N6O4S. The van der Waals surface area contributed by atoms with Crippen molar-refractivity contribution in [3.05, 3.63) is 117 Å². The minimum Gasteiger partial charge on any atom is -0.340 e. The number of sulfonamides is 1. The lowest BCUT2D eigenvalue weighted by atomic mass is 9.92. The van der Waals surface area contributed by atoms with Gasteiger partial charge in [0, 0.05) is 65.9 Å². The predicted molar refractivity (Wildman–Crippen MR) is 195 cm³/mol. The number of anilines is 1. The maximum Gasteiger partial charge on any atom is 0.265 e. The van der Waals surface area contributed by atoms with Crippen molar-refractivity contribution < 1.29 is 18.0 Å². The Kier molecular flexibility index (Phi) is 9.49. The number of rotatable bonds is 5. The molecule has 5 aromatic rings. The monoisotopic (exact) mass is 728 g/mol. The van der Waals surface area contributed by atoms with Crippen LogP contribution < -0.4 is 14.9 Å². The molecule has 0 spiro atoms. The molecule has 256 valence electrons. The number of nitrogens with one attached hydrogen (secondary N) is 2. The van der Waals surface area contributed by atoms with Crippen LogP contribution >= 0.6 is 23.2 Å². The third kappa shape index (κ3) is 6.66. The van der Waals surface area contributed by atoms with Crippen LogP contribution in [0.25, 0.3) is 22.0 Å². The number of nitrogens with zero attached hydrogens (tertiary/aromatic N) is 4. The Morgan fingerprint density at radius 1 is 0.980 bits per heavy atom. The molecule has 2 aliphatic heterocycles. The first-order valence-corrected chi connectivity index (χ1v) is 18.6. The molecule has 1 atom stereocenters. The van der Waals surface area contributed by atoms with Crippen LogP contribution in [-0.4, -0.2) is 67.3 Å². The summed E-state index contributed by atoms with van der Waals surface area (Å²) in [5.74, 6) is -0.753. The number of aromatic nitrogens is 2. The SMILES string of the molecule is CCCN1CCNC[C@@H]2Cc3ccccc3CN2C(=O)c2cc(C(=O)NS(=O)(=O)c3ccc4cccc(Cl)c4c3)ccc2-c2nc1ncc2Cl. The van der Waals surface area contributed by atoms with Crippen LogP contribution in [0.3, 0.4) is 0 Å². The Morgan fingerprint density at radius 3 is 2.62 bits per heavy atom. The second-order valence-electron chi connectivity index (χ2n) is 12.4. The zero-order chi connectivity index (χ0) is 35.0. The molecule has 2 aliphatic rings. The van der Waals surface area contributed by atoms with Gasteiger partial charge in [0.2, 0.25) is 5.95 Å². The highest BCUT2D eigenvalue weighted by Crippen LogP contribution is 2.34. The fraction of sp³-hybridized carbons (Fsp3) is 0.243. The summed E-state index contributed by atoms with van der Waals surface area (Å²) in [6.07, 6.45) is 3.04. The number of carbonyl (C=O) groups excluding carboxylic acids is 2. The molecule has 0 radical (unpaired) electrons. The first kappa shape index (κ1) is 33.9. The van der Waals surface area contributed by atoms with E-state index in [1.807, 2.05) is 29.2 Å². The van der Waals surface area contributed by atoms with Gasteiger partial charge in [-0.1, -0.05) is 78.7 Å². The third-order valence-electron chi connectivity index (χ3n) is 9.17. The van der Waals surface area contributed by atoms with E-state index in [1.54, 1.807) is 24.3 Å². The lowest BCUT2D eigenvalue weighted by molar-refractivity contribution is 0.0639. The molecule has 3 heterocycles. The summed E-state index contributed by atoms with van der Waals surface area (Å²) in [6, 6.07) is 22.1. The molecule has 0 fully saturated rings. The van der Waals surface area contributed by atoms with Gasteiger partial charge in [-0.15, -0.1) is 0 Å². The van der Waals surface area contributed by atoms with Gasteiger partial charge in [-0.2, -0.15) is 0 Å². The molecule has 0 saturated heterocycles. The summed E-state index contributed by atoms with van der Waals surface area (Å²) in [4.78, 5) is 41.5. The van der Waals surface area contributed by atoms with Crippen molar-refractivity contribution >= 4 is 61.8 Å². The highest BCUT2D eigenvalue weighted by atomic mass is 35.5. The van der Waals surface area contributed by atoms with E-state index < -0.39 is 15.9 Å². The van der Waals surface area contributed by atoms with Crippen LogP contribution in [0.4, 0.5) is 5.95 Å². The smallest absolute Gasteiger partial charge is 0.265 e. The number of halogens is 2. The Morgan fingerprint density at radius 2 is 1.80 bits per heavy atom. The molecule has 2 N–H and O–H groups in total. The summed E-state index contributed by atoms with van der Waals surface area (Å²) in [7, 11) is -4.31. The Labute approximate surface area is 300 Å². The highest BCUT2D eigenvalue weighted by molar-refractivity contribution is 7.90. The normalized spacial score (nSPS) is 16.4. The molecule has 13 heteroatoms. The number of benzene rings is 4. The van der Waals surface area contributed by atoms with Crippen LogP contribution in [0.15, 0.2) is 90.0 Å². The van der Waals surface area contributed by atoms with Crippen molar-refractivity contribution in [1.82, 2.24) is 24.9 Å². The third-order valence-corrected chi connectivity index (χ3v) is 11.1. The maximum atomic E-state index is 14.7. The quantitative estimate of drug-likeness (QED) is 0.222. The summed E-state index contributed by atoms with van der Waals surface area (Å²) in [5.41, 5.74) is 3.12. The molecule has 4 aromatic carbocycles. The van der Waals surface area contributed by atoms with Crippen molar-refractivity contribution in [3.63, 3.8) is 0 Å². The van der Waals surface area contributed by atoms with Crippen LogP contribution in [0.2, 0.25) is 10.0 Å². The first-order chi connectivity index (χ1) is 24.1. The Bertz CT molecular complexity index is 2250. The summed E-state index contributed by atoms with van der Waals surface area (Å²) in [6.45, 7) is 5.00. The van der Waals surface area contributed by atoms with Crippen molar-refractivity contribution in [3.8, 4) is 11.3 Å². The summed E-state index contributed by atoms with van der Waals surface area (Å²) in [5, 5.41) is 5.46. The molecule has 50 heavy (non-hydrogen) atoms. The van der Waals surface area contributed by atoms with Gasteiger partial charge in [0.25, 0.3) is 21.8 Å². The van der Waals surface area contributed by atoms with Gasteiger partial charge >= 0.3 is 0 Å². The molecule has 10 nitrogen and oxygen atoms in total. The zero-order valence-electron chi connectivity index (χ0n) is 27.2. The van der Waals surface area contributed by atoms with E-state index in [2.05, 4.69) is 32.9 Å². The van der Waals surface area contributed by atoms with E-state index in [-0.39, 0.29) is 33.0 Å². The van der Waals surface area contributed by atoms with Crippen molar-refractivity contribution in [2.24, 2.45) is 0 Å². The first-order valence-electron chi connectivity index (χ1n) is 16.4. The number of carbonyl (C=O) groups is 2. The van der Waals surface area contributed by atoms with Gasteiger partial charge in [0.1, 0.15) is 0 Å². The molecule has 0 unspecified atom stereocenters. The average Bonchev–Trinajstić information content (AvgIpc) is 3.12. The van der Waals surface area contributed by atoms with E-state index in [0.29, 0.717) is 66.8 Å². The molecule has 0 saturated carbocycles. The van der Waals surface area contributed by atoms with E-state index in [9.17, 15) is 18.0 Å². The zero-order valence-corrected chi connectivity index (χ0v) is 29.5. The minimum absolute atomic E-state index is 0.0195. The molecule has 2 bridgehead atoms. The number of fused-ring (bicyclic) bond motifs is 7. The topological polar surface area (TPSA) is 125 Å². The number of amides is 2. The molecular weight excluding hydrogens is 695 g/mol. The van der Waals surface area contributed by atoms with Gasteiger partial charge in [-0.3, -0.25) is 9.59 Å². The second-order valence-corrected chi connectivity index (χ2v) is 14.9. The van der Waals surface area contributed by atoms with E-state index in [4.69, 9.17) is 28.2 Å². The summed E-state index contributed by atoms with van der Waals surface area (Å²) >= 11 is 13.1. The average molecular weight is 730 g/mol. The standard InChI is InChI=1S/C37H34Cl2N6O4S/c1-2-15-44-16-14-40-20-27-17-24-6-3-4-7-26(24)22-45(27)36(47)31-18-25(11-13-29(31)34-33(39)21-41-37(44)42-34)35(46)43-50(48,49)28-12-10-23-8-5-9-32(38)30(23)19-28/h3-13,18-19,21,27,40H,2,14-17,20,22H2,1H3,(H,43,46)/t27-/m0/s1.